The van der Waals surface area contributed by atoms with Gasteiger partial charge in [0, 0.05) is 18.9 Å². The summed E-state index contributed by atoms with van der Waals surface area (Å²) in [5.41, 5.74) is 1.99. The highest BCUT2D eigenvalue weighted by Gasteiger charge is 2.31. The second-order valence-electron chi connectivity index (χ2n) is 5.34. The fraction of sp³-hybridized carbons (Fsp3) is 0.667. The minimum absolute atomic E-state index is 0.609. The van der Waals surface area contributed by atoms with Crippen LogP contribution >= 0.6 is 0 Å². The van der Waals surface area contributed by atoms with Crippen molar-refractivity contribution >= 4 is 0 Å². The van der Waals surface area contributed by atoms with E-state index in [0.717, 1.165) is 13.0 Å². The van der Waals surface area contributed by atoms with E-state index in [1.54, 1.807) is 0 Å². The van der Waals surface area contributed by atoms with Gasteiger partial charge < -0.3 is 5.32 Å². The van der Waals surface area contributed by atoms with E-state index in [4.69, 9.17) is 0 Å². The SMILES string of the molecule is CCC1(CNCCc2ccncc2)CCCC1. The van der Waals surface area contributed by atoms with Crippen LogP contribution < -0.4 is 5.32 Å². The molecule has 1 heterocycles. The van der Waals surface area contributed by atoms with Crippen molar-refractivity contribution in [2.45, 2.75) is 45.4 Å². The van der Waals surface area contributed by atoms with Crippen LogP contribution in [0.25, 0.3) is 0 Å². The number of hydrogen-bond donors (Lipinski definition) is 1. The summed E-state index contributed by atoms with van der Waals surface area (Å²) >= 11 is 0. The Morgan fingerprint density at radius 2 is 1.94 bits per heavy atom. The molecule has 1 aromatic rings. The third kappa shape index (κ3) is 3.53. The zero-order chi connectivity index (χ0) is 12.0. The van der Waals surface area contributed by atoms with Crippen LogP contribution in [0.2, 0.25) is 0 Å². The molecule has 0 aliphatic heterocycles. The van der Waals surface area contributed by atoms with Crippen LogP contribution in [0, 0.1) is 5.41 Å². The quantitative estimate of drug-likeness (QED) is 0.762. The summed E-state index contributed by atoms with van der Waals surface area (Å²) in [5, 5.41) is 3.65. The van der Waals surface area contributed by atoms with Crippen molar-refractivity contribution in [3.8, 4) is 0 Å². The lowest BCUT2D eigenvalue weighted by Crippen LogP contribution is -2.32. The Labute approximate surface area is 105 Å². The smallest absolute Gasteiger partial charge is 0.0270 e. The van der Waals surface area contributed by atoms with Crippen LogP contribution in [0.5, 0.6) is 0 Å². The first-order valence-electron chi connectivity index (χ1n) is 6.94. The third-order valence-electron chi connectivity index (χ3n) is 4.25. The minimum Gasteiger partial charge on any atom is -0.316 e. The third-order valence-corrected chi connectivity index (χ3v) is 4.25. The van der Waals surface area contributed by atoms with Gasteiger partial charge in [-0.3, -0.25) is 4.98 Å². The summed E-state index contributed by atoms with van der Waals surface area (Å²) in [6.07, 6.45) is 11.9. The first-order valence-corrected chi connectivity index (χ1v) is 6.94. The van der Waals surface area contributed by atoms with Crippen LogP contribution in [0.1, 0.15) is 44.6 Å². The van der Waals surface area contributed by atoms with Gasteiger partial charge in [-0.2, -0.15) is 0 Å². The fourth-order valence-electron chi connectivity index (χ4n) is 2.92. The largest absolute Gasteiger partial charge is 0.316 e. The summed E-state index contributed by atoms with van der Waals surface area (Å²) in [6, 6.07) is 4.21. The average Bonchev–Trinajstić information content (AvgIpc) is 2.85. The van der Waals surface area contributed by atoms with Crippen LogP contribution in [0.3, 0.4) is 0 Å². The molecule has 1 fully saturated rings. The summed E-state index contributed by atoms with van der Waals surface area (Å²) in [5.74, 6) is 0. The van der Waals surface area contributed by atoms with Crippen LogP contribution in [-0.2, 0) is 6.42 Å². The Kier molecular flexibility index (Phi) is 4.55. The molecule has 0 amide bonds. The topological polar surface area (TPSA) is 24.9 Å². The molecule has 94 valence electrons. The average molecular weight is 232 g/mol. The van der Waals surface area contributed by atoms with Gasteiger partial charge in [-0.05, 0) is 55.3 Å². The van der Waals surface area contributed by atoms with E-state index in [2.05, 4.69) is 29.4 Å². The minimum atomic E-state index is 0.609. The predicted molar refractivity (Wildman–Crippen MR) is 72.0 cm³/mol. The molecule has 17 heavy (non-hydrogen) atoms. The van der Waals surface area contributed by atoms with Gasteiger partial charge in [0.2, 0.25) is 0 Å². The van der Waals surface area contributed by atoms with E-state index in [1.807, 2.05) is 12.4 Å². The number of pyridine rings is 1. The molecule has 0 spiro atoms. The van der Waals surface area contributed by atoms with Gasteiger partial charge in [0.25, 0.3) is 0 Å². The Morgan fingerprint density at radius 1 is 1.24 bits per heavy atom. The van der Waals surface area contributed by atoms with Gasteiger partial charge in [-0.15, -0.1) is 0 Å². The molecule has 2 rings (SSSR count). The highest BCUT2D eigenvalue weighted by molar-refractivity contribution is 5.09. The maximum absolute atomic E-state index is 4.04. The Morgan fingerprint density at radius 3 is 2.59 bits per heavy atom. The number of rotatable bonds is 6. The molecule has 1 saturated carbocycles. The van der Waals surface area contributed by atoms with E-state index < -0.39 is 0 Å². The van der Waals surface area contributed by atoms with Crippen molar-refractivity contribution in [1.29, 1.82) is 0 Å². The first kappa shape index (κ1) is 12.6. The highest BCUT2D eigenvalue weighted by Crippen LogP contribution is 2.40. The molecule has 0 radical (unpaired) electrons. The molecule has 1 aliphatic carbocycles. The fourth-order valence-corrected chi connectivity index (χ4v) is 2.92. The molecule has 1 N–H and O–H groups in total. The number of nitrogens with zero attached hydrogens (tertiary/aromatic N) is 1. The van der Waals surface area contributed by atoms with E-state index in [-0.39, 0.29) is 0 Å². The lowest BCUT2D eigenvalue weighted by atomic mass is 9.83. The Balaban J connectivity index is 1.69. The Hall–Kier alpha value is -0.890. The van der Waals surface area contributed by atoms with Crippen LogP contribution in [0.15, 0.2) is 24.5 Å². The maximum atomic E-state index is 4.04. The van der Waals surface area contributed by atoms with Crippen molar-refractivity contribution < 1.29 is 0 Å². The van der Waals surface area contributed by atoms with Gasteiger partial charge in [0.15, 0.2) is 0 Å². The van der Waals surface area contributed by atoms with Gasteiger partial charge in [0.05, 0.1) is 0 Å². The molecule has 0 bridgehead atoms. The Bertz CT molecular complexity index is 315. The second-order valence-corrected chi connectivity index (χ2v) is 5.34. The standard InChI is InChI=1S/C15H24N2/c1-2-15(8-3-4-9-15)13-17-12-7-14-5-10-16-11-6-14/h5-6,10-11,17H,2-4,7-9,12-13H2,1H3. The van der Waals surface area contributed by atoms with E-state index >= 15 is 0 Å². The molecule has 0 saturated heterocycles. The molecule has 0 atom stereocenters. The molecule has 1 aliphatic rings. The maximum Gasteiger partial charge on any atom is 0.0270 e. The van der Waals surface area contributed by atoms with Crippen molar-refractivity contribution in [3.05, 3.63) is 30.1 Å². The van der Waals surface area contributed by atoms with E-state index in [1.165, 1.54) is 44.2 Å². The molecule has 1 aromatic heterocycles. The summed E-state index contributed by atoms with van der Waals surface area (Å²) in [4.78, 5) is 4.04. The number of nitrogens with one attached hydrogen (secondary N) is 1. The van der Waals surface area contributed by atoms with Crippen molar-refractivity contribution in [1.82, 2.24) is 10.3 Å². The molecule has 0 aromatic carbocycles. The first-order chi connectivity index (χ1) is 8.35. The zero-order valence-electron chi connectivity index (χ0n) is 10.9. The summed E-state index contributed by atoms with van der Waals surface area (Å²) < 4.78 is 0. The normalized spacial score (nSPS) is 18.4. The van der Waals surface area contributed by atoms with Crippen molar-refractivity contribution in [3.63, 3.8) is 0 Å². The molecule has 2 heteroatoms. The van der Waals surface area contributed by atoms with Crippen LogP contribution in [0.4, 0.5) is 0 Å². The second kappa shape index (κ2) is 6.15. The summed E-state index contributed by atoms with van der Waals surface area (Å²) in [7, 11) is 0. The molecule has 2 nitrogen and oxygen atoms in total. The van der Waals surface area contributed by atoms with Gasteiger partial charge in [-0.25, -0.2) is 0 Å². The number of hydrogen-bond acceptors (Lipinski definition) is 2. The lowest BCUT2D eigenvalue weighted by Gasteiger charge is -2.27. The van der Waals surface area contributed by atoms with Crippen LogP contribution in [-0.4, -0.2) is 18.1 Å². The van der Waals surface area contributed by atoms with Gasteiger partial charge in [-0.1, -0.05) is 19.8 Å². The highest BCUT2D eigenvalue weighted by atomic mass is 14.9. The molecular weight excluding hydrogens is 208 g/mol. The van der Waals surface area contributed by atoms with Gasteiger partial charge >= 0.3 is 0 Å². The molecule has 0 unspecified atom stereocenters. The predicted octanol–water partition coefficient (Wildman–Crippen LogP) is 3.18. The van der Waals surface area contributed by atoms with Gasteiger partial charge in [0.1, 0.15) is 0 Å². The van der Waals surface area contributed by atoms with E-state index in [9.17, 15) is 0 Å². The van der Waals surface area contributed by atoms with Crippen molar-refractivity contribution in [2.75, 3.05) is 13.1 Å². The number of aromatic nitrogens is 1. The lowest BCUT2D eigenvalue weighted by molar-refractivity contribution is 0.270. The monoisotopic (exact) mass is 232 g/mol. The van der Waals surface area contributed by atoms with Crippen molar-refractivity contribution in [2.24, 2.45) is 5.41 Å². The molecular formula is C15H24N2. The van der Waals surface area contributed by atoms with E-state index in [0.29, 0.717) is 5.41 Å². The summed E-state index contributed by atoms with van der Waals surface area (Å²) in [6.45, 7) is 4.64. The zero-order valence-corrected chi connectivity index (χ0v) is 10.9.